The summed E-state index contributed by atoms with van der Waals surface area (Å²) in [5, 5.41) is 12.6. The standard InChI is InChI=1S/C30H23FN6O/c31-21-6-2-5-19(9-21)25-15-33-16-28-23(25)12-27(35-28)29-24-11-18(7-8-26(24)36-37-29)20-10-22(14-32-13-20)34-30(38)17-3-1-4-17/h2,5-17,35H,1,3-4H2,(H,34,38)(H,36,37). The summed E-state index contributed by atoms with van der Waals surface area (Å²) in [6, 6.07) is 16.6. The van der Waals surface area contributed by atoms with Crippen molar-refractivity contribution in [1.29, 1.82) is 0 Å². The van der Waals surface area contributed by atoms with Crippen molar-refractivity contribution in [1.82, 2.24) is 25.1 Å². The first-order valence-corrected chi connectivity index (χ1v) is 12.6. The molecule has 1 amide bonds. The molecule has 1 aliphatic carbocycles. The molecule has 1 saturated carbocycles. The van der Waals surface area contributed by atoms with E-state index >= 15 is 0 Å². The number of aromatic amines is 2. The van der Waals surface area contributed by atoms with Crippen LogP contribution < -0.4 is 5.32 Å². The zero-order valence-electron chi connectivity index (χ0n) is 20.3. The van der Waals surface area contributed by atoms with E-state index in [1.165, 1.54) is 12.1 Å². The molecule has 4 aromatic heterocycles. The number of anilines is 1. The Hall–Kier alpha value is -4.85. The third-order valence-electron chi connectivity index (χ3n) is 7.31. The van der Waals surface area contributed by atoms with E-state index in [9.17, 15) is 9.18 Å². The molecule has 0 unspecified atom stereocenters. The molecule has 3 N–H and O–H groups in total. The maximum Gasteiger partial charge on any atom is 0.227 e. The van der Waals surface area contributed by atoms with Crippen molar-refractivity contribution >= 4 is 33.4 Å². The van der Waals surface area contributed by atoms with Crippen LogP contribution in [0.4, 0.5) is 10.1 Å². The summed E-state index contributed by atoms with van der Waals surface area (Å²) in [5.74, 6) is -0.118. The summed E-state index contributed by atoms with van der Waals surface area (Å²) in [7, 11) is 0. The van der Waals surface area contributed by atoms with E-state index < -0.39 is 0 Å². The van der Waals surface area contributed by atoms with Crippen LogP contribution >= 0.6 is 0 Å². The van der Waals surface area contributed by atoms with Crippen LogP contribution in [0, 0.1) is 11.7 Å². The van der Waals surface area contributed by atoms with Crippen molar-refractivity contribution in [2.45, 2.75) is 19.3 Å². The van der Waals surface area contributed by atoms with Crippen LogP contribution in [-0.2, 0) is 4.79 Å². The quantitative estimate of drug-likeness (QED) is 0.244. The fourth-order valence-corrected chi connectivity index (χ4v) is 5.04. The monoisotopic (exact) mass is 502 g/mol. The molecule has 0 atom stereocenters. The average Bonchev–Trinajstić information content (AvgIpc) is 3.51. The molecule has 7 rings (SSSR count). The highest BCUT2D eigenvalue weighted by atomic mass is 19.1. The zero-order chi connectivity index (χ0) is 25.6. The molecule has 7 nitrogen and oxygen atoms in total. The smallest absolute Gasteiger partial charge is 0.227 e. The van der Waals surface area contributed by atoms with E-state index in [-0.39, 0.29) is 17.6 Å². The van der Waals surface area contributed by atoms with Crippen LogP contribution in [0.3, 0.4) is 0 Å². The topological polar surface area (TPSA) is 99.3 Å². The van der Waals surface area contributed by atoms with E-state index in [0.717, 1.165) is 74.7 Å². The molecular weight excluding hydrogens is 479 g/mol. The second-order valence-electron chi connectivity index (χ2n) is 9.75. The van der Waals surface area contributed by atoms with Gasteiger partial charge in [0.25, 0.3) is 0 Å². The van der Waals surface area contributed by atoms with E-state index in [2.05, 4.69) is 36.5 Å². The molecule has 0 spiro atoms. The highest BCUT2D eigenvalue weighted by Gasteiger charge is 2.25. The minimum atomic E-state index is -0.290. The number of pyridine rings is 2. The summed E-state index contributed by atoms with van der Waals surface area (Å²) in [4.78, 5) is 24.6. The lowest BCUT2D eigenvalue weighted by Crippen LogP contribution is -2.28. The summed E-state index contributed by atoms with van der Waals surface area (Å²) in [6.45, 7) is 0. The first kappa shape index (κ1) is 22.4. The Bertz CT molecular complexity index is 1830. The van der Waals surface area contributed by atoms with Gasteiger partial charge in [-0.15, -0.1) is 0 Å². The number of aromatic nitrogens is 5. The number of benzene rings is 2. The van der Waals surface area contributed by atoms with Gasteiger partial charge in [-0.1, -0.05) is 24.6 Å². The molecule has 186 valence electrons. The van der Waals surface area contributed by atoms with Gasteiger partial charge in [-0.05, 0) is 60.4 Å². The molecule has 38 heavy (non-hydrogen) atoms. The maximum absolute atomic E-state index is 13.9. The summed E-state index contributed by atoms with van der Waals surface area (Å²) < 4.78 is 13.9. The lowest BCUT2D eigenvalue weighted by atomic mass is 9.85. The highest BCUT2D eigenvalue weighted by molar-refractivity contribution is 6.01. The molecule has 0 bridgehead atoms. The van der Waals surface area contributed by atoms with Gasteiger partial charge in [0.1, 0.15) is 11.5 Å². The third kappa shape index (κ3) is 3.91. The van der Waals surface area contributed by atoms with Gasteiger partial charge in [-0.25, -0.2) is 4.39 Å². The van der Waals surface area contributed by atoms with Crippen molar-refractivity contribution in [2.75, 3.05) is 5.32 Å². The molecule has 0 saturated heterocycles. The SMILES string of the molecule is O=C(Nc1cncc(-c2ccc3[nH]nc(-c4cc5c(-c6cccc(F)c6)cncc5[nH]4)c3c2)c1)C1CCC1. The van der Waals surface area contributed by atoms with Crippen molar-refractivity contribution in [2.24, 2.45) is 5.92 Å². The van der Waals surface area contributed by atoms with Gasteiger partial charge < -0.3 is 10.3 Å². The van der Waals surface area contributed by atoms with Gasteiger partial charge in [0.15, 0.2) is 0 Å². The number of rotatable bonds is 5. The molecule has 4 heterocycles. The van der Waals surface area contributed by atoms with Crippen LogP contribution in [0.2, 0.25) is 0 Å². The zero-order valence-corrected chi connectivity index (χ0v) is 20.3. The second kappa shape index (κ2) is 8.92. The van der Waals surface area contributed by atoms with Crippen molar-refractivity contribution in [3.63, 3.8) is 0 Å². The number of hydrogen-bond acceptors (Lipinski definition) is 4. The van der Waals surface area contributed by atoms with Gasteiger partial charge in [-0.2, -0.15) is 5.10 Å². The number of nitrogens with zero attached hydrogens (tertiary/aromatic N) is 3. The molecule has 6 aromatic rings. The first-order chi connectivity index (χ1) is 18.6. The number of carbonyl (C=O) groups is 1. The number of hydrogen-bond donors (Lipinski definition) is 3. The second-order valence-corrected chi connectivity index (χ2v) is 9.75. The summed E-state index contributed by atoms with van der Waals surface area (Å²) >= 11 is 0. The summed E-state index contributed by atoms with van der Waals surface area (Å²) in [6.07, 6.45) is 9.99. The van der Waals surface area contributed by atoms with Gasteiger partial charge >= 0.3 is 0 Å². The van der Waals surface area contributed by atoms with Crippen molar-refractivity contribution in [3.8, 4) is 33.6 Å². The van der Waals surface area contributed by atoms with Gasteiger partial charge in [0.2, 0.25) is 5.91 Å². The lowest BCUT2D eigenvalue weighted by Gasteiger charge is -2.24. The fraction of sp³-hybridized carbons (Fsp3) is 0.133. The van der Waals surface area contributed by atoms with E-state index in [1.807, 2.05) is 30.3 Å². The number of halogens is 1. The molecule has 0 radical (unpaired) electrons. The van der Waals surface area contributed by atoms with Gasteiger partial charge in [0, 0.05) is 40.2 Å². The van der Waals surface area contributed by atoms with E-state index in [1.54, 1.807) is 30.9 Å². The van der Waals surface area contributed by atoms with Crippen molar-refractivity contribution < 1.29 is 9.18 Å². The molecule has 0 aliphatic heterocycles. The normalized spacial score (nSPS) is 13.6. The van der Waals surface area contributed by atoms with E-state index in [0.29, 0.717) is 5.69 Å². The Morgan fingerprint density at radius 1 is 0.868 bits per heavy atom. The molecule has 1 aliphatic rings. The predicted octanol–water partition coefficient (Wildman–Crippen LogP) is 6.71. The molecular formula is C30H23FN6O. The third-order valence-corrected chi connectivity index (χ3v) is 7.31. The number of fused-ring (bicyclic) bond motifs is 2. The Labute approximate surface area is 217 Å². The van der Waals surface area contributed by atoms with Crippen LogP contribution in [0.25, 0.3) is 55.4 Å². The Morgan fingerprint density at radius 2 is 1.76 bits per heavy atom. The largest absolute Gasteiger partial charge is 0.352 e. The van der Waals surface area contributed by atoms with E-state index in [4.69, 9.17) is 0 Å². The number of H-pyrrole nitrogens is 2. The Kier molecular flexibility index (Phi) is 5.25. The predicted molar refractivity (Wildman–Crippen MR) is 146 cm³/mol. The Balaban J connectivity index is 1.26. The molecule has 2 aromatic carbocycles. The fourth-order valence-electron chi connectivity index (χ4n) is 5.04. The van der Waals surface area contributed by atoms with Crippen LogP contribution in [0.5, 0.6) is 0 Å². The number of amides is 1. The van der Waals surface area contributed by atoms with Crippen LogP contribution in [-0.4, -0.2) is 31.1 Å². The number of nitrogens with one attached hydrogen (secondary N) is 3. The van der Waals surface area contributed by atoms with Crippen molar-refractivity contribution in [3.05, 3.63) is 85.2 Å². The minimum absolute atomic E-state index is 0.0636. The van der Waals surface area contributed by atoms with Crippen LogP contribution in [0.15, 0.2) is 79.4 Å². The lowest BCUT2D eigenvalue weighted by molar-refractivity contribution is -0.122. The Morgan fingerprint density at radius 3 is 2.61 bits per heavy atom. The van der Waals surface area contributed by atoms with Gasteiger partial charge in [-0.3, -0.25) is 19.9 Å². The molecule has 8 heteroatoms. The summed E-state index contributed by atoms with van der Waals surface area (Å²) in [5.41, 5.74) is 7.50. The highest BCUT2D eigenvalue weighted by Crippen LogP contribution is 2.35. The number of carbonyl (C=O) groups excluding carboxylic acids is 1. The minimum Gasteiger partial charge on any atom is -0.352 e. The first-order valence-electron chi connectivity index (χ1n) is 12.6. The maximum atomic E-state index is 13.9. The van der Waals surface area contributed by atoms with Crippen LogP contribution in [0.1, 0.15) is 19.3 Å². The molecule has 1 fully saturated rings. The van der Waals surface area contributed by atoms with Gasteiger partial charge in [0.05, 0.1) is 34.8 Å². The average molecular weight is 503 g/mol.